The molecule has 0 bridgehead atoms. The lowest BCUT2D eigenvalue weighted by atomic mass is 9.96. The number of nitrogens with two attached hydrogens (primary N) is 1. The van der Waals surface area contributed by atoms with Gasteiger partial charge < -0.3 is 5.73 Å². The van der Waals surface area contributed by atoms with Crippen LogP contribution in [-0.4, -0.2) is 0 Å². The molecule has 0 aliphatic carbocycles. The van der Waals surface area contributed by atoms with Crippen LogP contribution in [0.1, 0.15) is 28.3 Å². The van der Waals surface area contributed by atoms with Crippen molar-refractivity contribution in [3.63, 3.8) is 0 Å². The van der Waals surface area contributed by atoms with E-state index in [2.05, 4.69) is 0 Å². The van der Waals surface area contributed by atoms with Crippen LogP contribution < -0.4 is 5.73 Å². The van der Waals surface area contributed by atoms with Gasteiger partial charge in [0.2, 0.25) is 0 Å². The lowest BCUT2D eigenvalue weighted by Gasteiger charge is -2.15. The zero-order chi connectivity index (χ0) is 14.9. The van der Waals surface area contributed by atoms with Crippen molar-refractivity contribution in [1.82, 2.24) is 0 Å². The Labute approximate surface area is 116 Å². The minimum absolute atomic E-state index is 0.233. The topological polar surface area (TPSA) is 26.0 Å². The van der Waals surface area contributed by atoms with Crippen molar-refractivity contribution >= 4 is 0 Å². The summed E-state index contributed by atoms with van der Waals surface area (Å²) >= 11 is 0. The molecule has 0 heterocycles. The summed E-state index contributed by atoms with van der Waals surface area (Å²) in [4.78, 5) is 0. The fourth-order valence-electron chi connectivity index (χ4n) is 2.24. The Morgan fingerprint density at radius 3 is 2.15 bits per heavy atom. The van der Waals surface area contributed by atoms with Crippen molar-refractivity contribution in [3.8, 4) is 0 Å². The van der Waals surface area contributed by atoms with Crippen molar-refractivity contribution in [2.24, 2.45) is 5.73 Å². The van der Waals surface area contributed by atoms with Crippen LogP contribution in [-0.2, 0) is 6.42 Å². The van der Waals surface area contributed by atoms with Gasteiger partial charge in [-0.2, -0.15) is 0 Å². The molecule has 0 aromatic heterocycles. The Kier molecular flexibility index (Phi) is 4.14. The highest BCUT2D eigenvalue weighted by atomic mass is 19.1. The molecule has 1 atom stereocenters. The first-order valence-electron chi connectivity index (χ1n) is 6.34. The van der Waals surface area contributed by atoms with Gasteiger partial charge in [-0.1, -0.05) is 18.2 Å². The van der Waals surface area contributed by atoms with Gasteiger partial charge in [0.25, 0.3) is 0 Å². The van der Waals surface area contributed by atoms with Crippen LogP contribution in [0.15, 0.2) is 30.3 Å². The Morgan fingerprint density at radius 1 is 1.00 bits per heavy atom. The molecule has 0 amide bonds. The zero-order valence-electron chi connectivity index (χ0n) is 11.4. The summed E-state index contributed by atoms with van der Waals surface area (Å²) in [5.74, 6) is -1.49. The second-order valence-electron chi connectivity index (χ2n) is 5.02. The predicted octanol–water partition coefficient (Wildman–Crippen LogP) is 3.96. The third-order valence-electron chi connectivity index (χ3n) is 3.34. The maximum atomic E-state index is 13.6. The quantitative estimate of drug-likeness (QED) is 0.904. The molecule has 0 fully saturated rings. The van der Waals surface area contributed by atoms with E-state index < -0.39 is 17.7 Å². The van der Waals surface area contributed by atoms with Gasteiger partial charge in [0.15, 0.2) is 0 Å². The van der Waals surface area contributed by atoms with Crippen molar-refractivity contribution in [3.05, 3.63) is 70.0 Å². The highest BCUT2D eigenvalue weighted by molar-refractivity contribution is 5.33. The highest BCUT2D eigenvalue weighted by Crippen LogP contribution is 2.23. The van der Waals surface area contributed by atoms with Gasteiger partial charge in [0.1, 0.15) is 17.5 Å². The standard InChI is InChI=1S/C16H16F3N/c1-9-5-12(6-10(2)16(9)19)15(20)7-11-3-4-13(17)8-14(11)18/h3-6,8,15H,7,20H2,1-2H3. The minimum atomic E-state index is -0.617. The maximum Gasteiger partial charge on any atom is 0.129 e. The number of benzene rings is 2. The Hall–Kier alpha value is -1.81. The van der Waals surface area contributed by atoms with E-state index in [4.69, 9.17) is 5.73 Å². The molecular weight excluding hydrogens is 263 g/mol. The zero-order valence-corrected chi connectivity index (χ0v) is 11.4. The summed E-state index contributed by atoms with van der Waals surface area (Å²) in [6.07, 6.45) is 0.233. The number of hydrogen-bond acceptors (Lipinski definition) is 1. The van der Waals surface area contributed by atoms with E-state index in [1.54, 1.807) is 26.0 Å². The second kappa shape index (κ2) is 5.67. The highest BCUT2D eigenvalue weighted by Gasteiger charge is 2.13. The number of halogens is 3. The lowest BCUT2D eigenvalue weighted by molar-refractivity contribution is 0.562. The van der Waals surface area contributed by atoms with E-state index in [0.29, 0.717) is 16.7 Å². The molecule has 0 spiro atoms. The van der Waals surface area contributed by atoms with E-state index in [1.807, 2.05) is 0 Å². The number of hydrogen-bond donors (Lipinski definition) is 1. The van der Waals surface area contributed by atoms with Gasteiger partial charge in [0.05, 0.1) is 0 Å². The molecule has 2 aromatic carbocycles. The Bertz CT molecular complexity index is 615. The molecule has 4 heteroatoms. The third kappa shape index (κ3) is 3.02. The van der Waals surface area contributed by atoms with E-state index >= 15 is 0 Å². The average Bonchev–Trinajstić information content (AvgIpc) is 2.38. The van der Waals surface area contributed by atoms with E-state index in [0.717, 1.165) is 11.6 Å². The summed E-state index contributed by atoms with van der Waals surface area (Å²) in [5.41, 5.74) is 8.14. The summed E-state index contributed by atoms with van der Waals surface area (Å²) < 4.78 is 40.0. The fraction of sp³-hybridized carbons (Fsp3) is 0.250. The maximum absolute atomic E-state index is 13.6. The van der Waals surface area contributed by atoms with Crippen LogP contribution >= 0.6 is 0 Å². The third-order valence-corrected chi connectivity index (χ3v) is 3.34. The van der Waals surface area contributed by atoms with Gasteiger partial charge in [-0.25, -0.2) is 13.2 Å². The molecule has 2 aromatic rings. The lowest BCUT2D eigenvalue weighted by Crippen LogP contribution is -2.15. The smallest absolute Gasteiger partial charge is 0.129 e. The average molecular weight is 279 g/mol. The van der Waals surface area contributed by atoms with Gasteiger partial charge >= 0.3 is 0 Å². The van der Waals surface area contributed by atoms with Crippen molar-refractivity contribution in [1.29, 1.82) is 0 Å². The van der Waals surface area contributed by atoms with Crippen LogP contribution in [0.5, 0.6) is 0 Å². The number of rotatable bonds is 3. The Balaban J connectivity index is 2.26. The van der Waals surface area contributed by atoms with Crippen molar-refractivity contribution in [2.45, 2.75) is 26.3 Å². The molecule has 20 heavy (non-hydrogen) atoms. The number of aryl methyl sites for hydroxylation is 2. The van der Waals surface area contributed by atoms with Gasteiger partial charge in [-0.15, -0.1) is 0 Å². The first-order chi connectivity index (χ1) is 9.38. The molecule has 106 valence electrons. The van der Waals surface area contributed by atoms with Gasteiger partial charge in [-0.3, -0.25) is 0 Å². The molecule has 1 unspecified atom stereocenters. The van der Waals surface area contributed by atoms with E-state index in [9.17, 15) is 13.2 Å². The molecule has 2 N–H and O–H groups in total. The summed E-state index contributed by atoms with van der Waals surface area (Å²) in [6.45, 7) is 3.33. The largest absolute Gasteiger partial charge is 0.324 e. The first-order valence-corrected chi connectivity index (χ1v) is 6.34. The Morgan fingerprint density at radius 2 is 1.60 bits per heavy atom. The summed E-state index contributed by atoms with van der Waals surface area (Å²) in [6, 6.07) is 6.28. The molecular formula is C16H16F3N. The second-order valence-corrected chi connectivity index (χ2v) is 5.02. The van der Waals surface area contributed by atoms with Crippen LogP contribution in [0, 0.1) is 31.3 Å². The van der Waals surface area contributed by atoms with Crippen LogP contribution in [0.25, 0.3) is 0 Å². The molecule has 1 nitrogen and oxygen atoms in total. The predicted molar refractivity (Wildman–Crippen MR) is 72.9 cm³/mol. The van der Waals surface area contributed by atoms with Crippen LogP contribution in [0.4, 0.5) is 13.2 Å². The molecule has 0 aliphatic heterocycles. The molecule has 0 radical (unpaired) electrons. The normalized spacial score (nSPS) is 12.5. The van der Waals surface area contributed by atoms with Gasteiger partial charge in [-0.05, 0) is 48.6 Å². The summed E-state index contributed by atoms with van der Waals surface area (Å²) in [5, 5.41) is 0. The van der Waals surface area contributed by atoms with Crippen LogP contribution in [0.2, 0.25) is 0 Å². The van der Waals surface area contributed by atoms with Crippen molar-refractivity contribution < 1.29 is 13.2 Å². The fourth-order valence-corrected chi connectivity index (χ4v) is 2.24. The van der Waals surface area contributed by atoms with Gasteiger partial charge in [0, 0.05) is 12.1 Å². The monoisotopic (exact) mass is 279 g/mol. The molecule has 0 saturated heterocycles. The van der Waals surface area contributed by atoms with Crippen molar-refractivity contribution in [2.75, 3.05) is 0 Å². The minimum Gasteiger partial charge on any atom is -0.324 e. The summed E-state index contributed by atoms with van der Waals surface area (Å²) in [7, 11) is 0. The SMILES string of the molecule is Cc1cc(C(N)Cc2ccc(F)cc2F)cc(C)c1F. The van der Waals surface area contributed by atoms with E-state index in [-0.39, 0.29) is 12.2 Å². The molecule has 2 rings (SSSR count). The van der Waals surface area contributed by atoms with Crippen LogP contribution in [0.3, 0.4) is 0 Å². The molecule has 0 saturated carbocycles. The van der Waals surface area contributed by atoms with E-state index in [1.165, 1.54) is 12.1 Å². The molecule has 0 aliphatic rings. The first kappa shape index (κ1) is 14.6.